The summed E-state index contributed by atoms with van der Waals surface area (Å²) >= 11 is 1.22. The zero-order valence-corrected chi connectivity index (χ0v) is 16.6. The van der Waals surface area contributed by atoms with Gasteiger partial charge in [-0.1, -0.05) is 17.8 Å². The van der Waals surface area contributed by atoms with Crippen molar-refractivity contribution in [2.45, 2.75) is 16.6 Å². The molecule has 3 rings (SSSR count). The summed E-state index contributed by atoms with van der Waals surface area (Å²) in [6, 6.07) is 4.71. The van der Waals surface area contributed by atoms with Gasteiger partial charge in [0.15, 0.2) is 0 Å². The van der Waals surface area contributed by atoms with Crippen LogP contribution >= 0.6 is 11.8 Å². The number of aromatic nitrogens is 4. The summed E-state index contributed by atoms with van der Waals surface area (Å²) in [5.74, 6) is -0.453. The minimum absolute atomic E-state index is 0.0401. The molecule has 0 radical (unpaired) electrons. The van der Waals surface area contributed by atoms with E-state index in [2.05, 4.69) is 22.1 Å². The van der Waals surface area contributed by atoms with Gasteiger partial charge < -0.3 is 4.90 Å². The normalized spacial score (nSPS) is 15.5. The Morgan fingerprint density at radius 2 is 1.89 bits per heavy atom. The van der Waals surface area contributed by atoms with E-state index in [1.807, 2.05) is 0 Å². The minimum Gasteiger partial charge on any atom is -0.339 e. The number of nitrogens with zero attached hydrogens (tertiary/aromatic N) is 6. The lowest BCUT2D eigenvalue weighted by Gasteiger charge is -2.34. The van der Waals surface area contributed by atoms with Crippen molar-refractivity contribution in [3.8, 4) is 0 Å². The molecule has 0 aliphatic carbocycles. The second-order valence-electron chi connectivity index (χ2n) is 5.96. The summed E-state index contributed by atoms with van der Waals surface area (Å²) < 4.78 is 41.1. The number of amides is 1. The van der Waals surface area contributed by atoms with E-state index in [-0.39, 0.29) is 42.7 Å². The van der Waals surface area contributed by atoms with E-state index in [9.17, 15) is 17.6 Å². The van der Waals surface area contributed by atoms with Gasteiger partial charge in [-0.05, 0) is 34.7 Å². The molecule has 1 aliphatic rings. The third-order valence-electron chi connectivity index (χ3n) is 4.17. The van der Waals surface area contributed by atoms with Crippen LogP contribution in [0.3, 0.4) is 0 Å². The Hall–Kier alpha value is -2.31. The number of sulfonamides is 1. The lowest BCUT2D eigenvalue weighted by molar-refractivity contribution is -0.129. The zero-order valence-electron chi connectivity index (χ0n) is 14.9. The van der Waals surface area contributed by atoms with Crippen molar-refractivity contribution in [1.29, 1.82) is 0 Å². The van der Waals surface area contributed by atoms with Gasteiger partial charge in [0, 0.05) is 26.2 Å². The largest absolute Gasteiger partial charge is 0.339 e. The third kappa shape index (κ3) is 4.56. The van der Waals surface area contributed by atoms with Crippen LogP contribution in [0.5, 0.6) is 0 Å². The second-order valence-corrected chi connectivity index (χ2v) is 8.84. The Balaban J connectivity index is 1.54. The maximum Gasteiger partial charge on any atom is 0.243 e. The fourth-order valence-corrected chi connectivity index (χ4v) is 4.90. The Morgan fingerprint density at radius 1 is 1.21 bits per heavy atom. The van der Waals surface area contributed by atoms with Gasteiger partial charge in [-0.25, -0.2) is 17.5 Å². The molecule has 150 valence electrons. The first-order valence-corrected chi connectivity index (χ1v) is 10.9. The predicted octanol–water partition coefficient (Wildman–Crippen LogP) is 0.623. The second kappa shape index (κ2) is 8.80. The first-order valence-electron chi connectivity index (χ1n) is 8.45. The van der Waals surface area contributed by atoms with E-state index in [0.717, 1.165) is 12.1 Å². The Bertz CT molecular complexity index is 940. The molecule has 1 saturated heterocycles. The summed E-state index contributed by atoms with van der Waals surface area (Å²) in [6.45, 7) is 5.02. The number of thioether (sulfide) groups is 1. The molecule has 0 N–H and O–H groups in total. The number of hydrogen-bond donors (Lipinski definition) is 0. The molecule has 12 heteroatoms. The van der Waals surface area contributed by atoms with Crippen molar-refractivity contribution in [3.05, 3.63) is 42.7 Å². The van der Waals surface area contributed by atoms with Gasteiger partial charge >= 0.3 is 0 Å². The summed E-state index contributed by atoms with van der Waals surface area (Å²) in [7, 11) is -3.70. The van der Waals surface area contributed by atoms with Gasteiger partial charge in [-0.2, -0.15) is 4.31 Å². The van der Waals surface area contributed by atoms with Gasteiger partial charge in [0.05, 0.1) is 17.2 Å². The van der Waals surface area contributed by atoms with Crippen LogP contribution in [0.2, 0.25) is 0 Å². The molecular weight excluding hydrogens is 407 g/mol. The van der Waals surface area contributed by atoms with Crippen molar-refractivity contribution in [2.75, 3.05) is 31.9 Å². The number of tetrazole rings is 1. The highest BCUT2D eigenvalue weighted by molar-refractivity contribution is 7.99. The lowest BCUT2D eigenvalue weighted by Crippen LogP contribution is -2.50. The van der Waals surface area contributed by atoms with Crippen molar-refractivity contribution in [3.63, 3.8) is 0 Å². The smallest absolute Gasteiger partial charge is 0.243 e. The summed E-state index contributed by atoms with van der Waals surface area (Å²) in [5.41, 5.74) is 0. The highest BCUT2D eigenvalue weighted by Gasteiger charge is 2.30. The quantitative estimate of drug-likeness (QED) is 0.473. The zero-order chi connectivity index (χ0) is 20.1. The summed E-state index contributed by atoms with van der Waals surface area (Å²) in [5, 5.41) is 11.8. The number of rotatable bonds is 7. The maximum atomic E-state index is 13.0. The van der Waals surface area contributed by atoms with Gasteiger partial charge in [-0.15, -0.1) is 11.7 Å². The van der Waals surface area contributed by atoms with Crippen LogP contribution in [0, 0.1) is 5.82 Å². The standard InChI is InChI=1S/C16H19FN6O3S2/c1-2-7-23-16(18-19-20-23)27-12-15(24)21-8-10-22(11-9-21)28(25,26)14-5-3-13(17)4-6-14/h2-6H,1,7-12H2. The molecule has 1 aromatic carbocycles. The van der Waals surface area contributed by atoms with E-state index in [1.165, 1.54) is 32.9 Å². The Morgan fingerprint density at radius 3 is 2.54 bits per heavy atom. The first kappa shape index (κ1) is 20.4. The van der Waals surface area contributed by atoms with Crippen LogP contribution in [0.25, 0.3) is 0 Å². The Labute approximate surface area is 166 Å². The van der Waals surface area contributed by atoms with Crippen molar-refractivity contribution >= 4 is 27.7 Å². The highest BCUT2D eigenvalue weighted by atomic mass is 32.2. The molecule has 0 saturated carbocycles. The van der Waals surface area contributed by atoms with Crippen LogP contribution in [-0.2, 0) is 21.4 Å². The van der Waals surface area contributed by atoms with Gasteiger partial charge in [0.25, 0.3) is 0 Å². The molecule has 28 heavy (non-hydrogen) atoms. The predicted molar refractivity (Wildman–Crippen MR) is 100 cm³/mol. The molecule has 0 unspecified atom stereocenters. The molecule has 2 heterocycles. The fourth-order valence-electron chi connectivity index (χ4n) is 2.69. The van der Waals surface area contributed by atoms with Crippen molar-refractivity contribution in [1.82, 2.24) is 29.4 Å². The van der Waals surface area contributed by atoms with Crippen molar-refractivity contribution in [2.24, 2.45) is 0 Å². The molecule has 9 nitrogen and oxygen atoms in total. The molecule has 0 atom stereocenters. The van der Waals surface area contributed by atoms with Gasteiger partial charge in [0.1, 0.15) is 5.82 Å². The van der Waals surface area contributed by atoms with Gasteiger partial charge in [-0.3, -0.25) is 4.79 Å². The van der Waals surface area contributed by atoms with Crippen LogP contribution in [-0.4, -0.2) is 75.7 Å². The molecule has 2 aromatic rings. The van der Waals surface area contributed by atoms with Crippen LogP contribution < -0.4 is 0 Å². The molecule has 1 amide bonds. The van der Waals surface area contributed by atoms with E-state index in [1.54, 1.807) is 11.0 Å². The number of carbonyl (C=O) groups excluding carboxylic acids is 1. The number of halogens is 1. The topological polar surface area (TPSA) is 101 Å². The van der Waals surface area contributed by atoms with E-state index >= 15 is 0 Å². The molecule has 1 aromatic heterocycles. The van der Waals surface area contributed by atoms with Crippen molar-refractivity contribution < 1.29 is 17.6 Å². The van der Waals surface area contributed by atoms with Crippen LogP contribution in [0.4, 0.5) is 4.39 Å². The van der Waals surface area contributed by atoms with Crippen LogP contribution in [0.15, 0.2) is 47.0 Å². The van der Waals surface area contributed by atoms with Crippen LogP contribution in [0.1, 0.15) is 0 Å². The van der Waals surface area contributed by atoms with E-state index in [0.29, 0.717) is 11.7 Å². The average Bonchev–Trinajstić information content (AvgIpc) is 3.14. The number of hydrogen-bond acceptors (Lipinski definition) is 7. The minimum atomic E-state index is -3.70. The Kier molecular flexibility index (Phi) is 6.42. The molecule has 0 spiro atoms. The highest BCUT2D eigenvalue weighted by Crippen LogP contribution is 2.19. The molecule has 0 bridgehead atoms. The SMILES string of the molecule is C=CCn1nnnc1SCC(=O)N1CCN(S(=O)(=O)c2ccc(F)cc2)CC1. The number of piperazine rings is 1. The molecule has 1 aliphatic heterocycles. The van der Waals surface area contributed by atoms with Gasteiger partial charge in [0.2, 0.25) is 21.1 Å². The number of carbonyl (C=O) groups is 1. The number of benzene rings is 1. The average molecular weight is 426 g/mol. The summed E-state index contributed by atoms with van der Waals surface area (Å²) in [6.07, 6.45) is 1.66. The maximum absolute atomic E-state index is 13.0. The fraction of sp³-hybridized carbons (Fsp3) is 0.375. The molecular formula is C16H19FN6O3S2. The van der Waals surface area contributed by atoms with E-state index < -0.39 is 15.8 Å². The molecule has 1 fully saturated rings. The monoisotopic (exact) mass is 426 g/mol. The summed E-state index contributed by atoms with van der Waals surface area (Å²) in [4.78, 5) is 14.1. The first-order chi connectivity index (χ1) is 13.4. The third-order valence-corrected chi connectivity index (χ3v) is 7.02. The number of allylic oxidation sites excluding steroid dienone is 1. The van der Waals surface area contributed by atoms with E-state index in [4.69, 9.17) is 0 Å². The lowest BCUT2D eigenvalue weighted by atomic mass is 10.3.